The second-order valence-electron chi connectivity index (χ2n) is 6.24. The van der Waals surface area contributed by atoms with Crippen molar-refractivity contribution in [1.82, 2.24) is 15.1 Å². The van der Waals surface area contributed by atoms with Crippen molar-refractivity contribution in [2.75, 3.05) is 45.9 Å². The molecule has 5 heteroatoms. The molecule has 2 N–H and O–H groups in total. The Kier molecular flexibility index (Phi) is 4.81. The van der Waals surface area contributed by atoms with Crippen LogP contribution in [0.2, 0.25) is 0 Å². The van der Waals surface area contributed by atoms with Crippen LogP contribution in [0.25, 0.3) is 0 Å². The lowest BCUT2D eigenvalue weighted by atomic mass is 9.94. The van der Waals surface area contributed by atoms with E-state index >= 15 is 0 Å². The molecule has 1 atom stereocenters. The van der Waals surface area contributed by atoms with E-state index in [1.165, 1.54) is 0 Å². The molecule has 1 amide bonds. The van der Waals surface area contributed by atoms with Gasteiger partial charge in [-0.1, -0.05) is 0 Å². The summed E-state index contributed by atoms with van der Waals surface area (Å²) < 4.78 is 0. The summed E-state index contributed by atoms with van der Waals surface area (Å²) in [5.74, 6) is 0.476. The van der Waals surface area contributed by atoms with Gasteiger partial charge in [0.2, 0.25) is 5.91 Å². The molecule has 0 aromatic rings. The third-order valence-electron chi connectivity index (χ3n) is 4.50. The summed E-state index contributed by atoms with van der Waals surface area (Å²) in [5.41, 5.74) is -0.431. The van der Waals surface area contributed by atoms with E-state index < -0.39 is 5.54 Å². The van der Waals surface area contributed by atoms with E-state index in [9.17, 15) is 9.90 Å². The molecule has 19 heavy (non-hydrogen) atoms. The maximum atomic E-state index is 12.8. The van der Waals surface area contributed by atoms with E-state index in [1.807, 2.05) is 18.7 Å². The van der Waals surface area contributed by atoms with Gasteiger partial charge in [0.15, 0.2) is 0 Å². The number of carbonyl (C=O) groups excluding carboxylic acids is 1. The number of hydrogen-bond acceptors (Lipinski definition) is 4. The lowest BCUT2D eigenvalue weighted by Crippen LogP contribution is -2.61. The van der Waals surface area contributed by atoms with Crippen LogP contribution < -0.4 is 5.32 Å². The zero-order valence-electron chi connectivity index (χ0n) is 12.2. The molecule has 0 aromatic heterocycles. The van der Waals surface area contributed by atoms with Gasteiger partial charge in [0, 0.05) is 45.9 Å². The van der Waals surface area contributed by atoms with Gasteiger partial charge in [-0.05, 0) is 32.6 Å². The maximum absolute atomic E-state index is 12.8. The Labute approximate surface area is 115 Å². The summed E-state index contributed by atoms with van der Waals surface area (Å²) in [6, 6.07) is 0. The molecule has 0 spiro atoms. The fourth-order valence-electron chi connectivity index (χ4n) is 3.14. The minimum Gasteiger partial charge on any atom is -0.396 e. The predicted molar refractivity (Wildman–Crippen MR) is 74.9 cm³/mol. The molecule has 0 aromatic carbocycles. The summed E-state index contributed by atoms with van der Waals surface area (Å²) in [6.45, 7) is 9.57. The van der Waals surface area contributed by atoms with Crippen LogP contribution in [0.5, 0.6) is 0 Å². The average Bonchev–Trinajstić information content (AvgIpc) is 2.47. The van der Waals surface area contributed by atoms with Gasteiger partial charge in [0.1, 0.15) is 0 Å². The van der Waals surface area contributed by atoms with Crippen LogP contribution >= 0.6 is 0 Å². The molecule has 2 heterocycles. The summed E-state index contributed by atoms with van der Waals surface area (Å²) in [6.07, 6.45) is 2.04. The number of aliphatic hydroxyl groups is 1. The van der Waals surface area contributed by atoms with E-state index in [-0.39, 0.29) is 18.4 Å². The standard InChI is InChI=1S/C14H27N3O2/c1-14(2,17-8-5-15-6-9-17)13(19)16-7-3-4-12(10-16)11-18/h12,15,18H,3-11H2,1-2H3. The number of nitrogens with zero attached hydrogens (tertiary/aromatic N) is 2. The van der Waals surface area contributed by atoms with Crippen LogP contribution in [0, 0.1) is 5.92 Å². The minimum atomic E-state index is -0.431. The van der Waals surface area contributed by atoms with Gasteiger partial charge in [-0.2, -0.15) is 0 Å². The molecule has 2 saturated heterocycles. The average molecular weight is 269 g/mol. The first kappa shape index (κ1) is 14.8. The number of likely N-dealkylation sites (tertiary alicyclic amines) is 1. The quantitative estimate of drug-likeness (QED) is 0.751. The monoisotopic (exact) mass is 269 g/mol. The van der Waals surface area contributed by atoms with Crippen molar-refractivity contribution in [1.29, 1.82) is 0 Å². The molecular weight excluding hydrogens is 242 g/mol. The Morgan fingerprint density at radius 3 is 2.63 bits per heavy atom. The number of hydrogen-bond donors (Lipinski definition) is 2. The van der Waals surface area contributed by atoms with Gasteiger partial charge < -0.3 is 15.3 Å². The number of nitrogens with one attached hydrogen (secondary N) is 1. The fraction of sp³-hybridized carbons (Fsp3) is 0.929. The number of aliphatic hydroxyl groups excluding tert-OH is 1. The molecule has 5 nitrogen and oxygen atoms in total. The molecule has 0 aliphatic carbocycles. The fourth-order valence-corrected chi connectivity index (χ4v) is 3.14. The molecule has 2 fully saturated rings. The van der Waals surface area contributed by atoms with Crippen molar-refractivity contribution in [2.24, 2.45) is 5.92 Å². The third-order valence-corrected chi connectivity index (χ3v) is 4.50. The van der Waals surface area contributed by atoms with E-state index in [1.54, 1.807) is 0 Å². The van der Waals surface area contributed by atoms with Crippen LogP contribution in [-0.2, 0) is 4.79 Å². The number of carbonyl (C=O) groups is 1. The summed E-state index contributed by atoms with van der Waals surface area (Å²) in [7, 11) is 0. The Bertz CT molecular complexity index is 314. The molecule has 1 unspecified atom stereocenters. The highest BCUT2D eigenvalue weighted by Gasteiger charge is 2.39. The van der Waals surface area contributed by atoms with E-state index in [0.29, 0.717) is 6.54 Å². The summed E-state index contributed by atoms with van der Waals surface area (Å²) in [5, 5.41) is 12.6. The Balaban J connectivity index is 2.00. The zero-order chi connectivity index (χ0) is 13.9. The van der Waals surface area contributed by atoms with Crippen molar-refractivity contribution >= 4 is 5.91 Å². The van der Waals surface area contributed by atoms with Crippen LogP contribution in [0.4, 0.5) is 0 Å². The Morgan fingerprint density at radius 2 is 2.00 bits per heavy atom. The molecule has 0 radical (unpaired) electrons. The molecule has 0 saturated carbocycles. The maximum Gasteiger partial charge on any atom is 0.242 e. The molecular formula is C14H27N3O2. The van der Waals surface area contributed by atoms with Crippen LogP contribution in [0.1, 0.15) is 26.7 Å². The first-order chi connectivity index (χ1) is 9.05. The highest BCUT2D eigenvalue weighted by Crippen LogP contribution is 2.23. The van der Waals surface area contributed by atoms with E-state index in [4.69, 9.17) is 0 Å². The number of amides is 1. The minimum absolute atomic E-state index is 0.192. The number of piperidine rings is 1. The van der Waals surface area contributed by atoms with Crippen LogP contribution in [-0.4, -0.2) is 72.2 Å². The summed E-state index contributed by atoms with van der Waals surface area (Å²) >= 11 is 0. The Morgan fingerprint density at radius 1 is 1.32 bits per heavy atom. The smallest absolute Gasteiger partial charge is 0.242 e. The SMILES string of the molecule is CC(C)(C(=O)N1CCCC(CO)C1)N1CCNCC1. The molecule has 2 rings (SSSR count). The van der Waals surface area contributed by atoms with Crippen LogP contribution in [0.3, 0.4) is 0 Å². The van der Waals surface area contributed by atoms with Crippen molar-refractivity contribution in [3.63, 3.8) is 0 Å². The van der Waals surface area contributed by atoms with Gasteiger partial charge in [-0.3, -0.25) is 9.69 Å². The molecule has 2 aliphatic rings. The second-order valence-corrected chi connectivity index (χ2v) is 6.24. The van der Waals surface area contributed by atoms with Crippen molar-refractivity contribution < 1.29 is 9.90 Å². The van der Waals surface area contributed by atoms with Crippen molar-refractivity contribution in [3.8, 4) is 0 Å². The molecule has 2 aliphatic heterocycles. The zero-order valence-corrected chi connectivity index (χ0v) is 12.2. The lowest BCUT2D eigenvalue weighted by molar-refractivity contribution is -0.145. The third kappa shape index (κ3) is 3.27. The van der Waals surface area contributed by atoms with E-state index in [2.05, 4.69) is 10.2 Å². The summed E-state index contributed by atoms with van der Waals surface area (Å²) in [4.78, 5) is 17.0. The van der Waals surface area contributed by atoms with Gasteiger partial charge in [-0.25, -0.2) is 0 Å². The predicted octanol–water partition coefficient (Wildman–Crippen LogP) is -0.0989. The van der Waals surface area contributed by atoms with Gasteiger partial charge >= 0.3 is 0 Å². The second kappa shape index (κ2) is 6.20. The lowest BCUT2D eigenvalue weighted by Gasteiger charge is -2.44. The van der Waals surface area contributed by atoms with Crippen LogP contribution in [0.15, 0.2) is 0 Å². The largest absolute Gasteiger partial charge is 0.396 e. The van der Waals surface area contributed by atoms with Crippen molar-refractivity contribution in [3.05, 3.63) is 0 Å². The normalized spacial score (nSPS) is 26.5. The first-order valence-electron chi connectivity index (χ1n) is 7.41. The van der Waals surface area contributed by atoms with Gasteiger partial charge in [-0.15, -0.1) is 0 Å². The number of rotatable bonds is 3. The molecule has 0 bridgehead atoms. The highest BCUT2D eigenvalue weighted by atomic mass is 16.3. The first-order valence-corrected chi connectivity index (χ1v) is 7.41. The Hall–Kier alpha value is -0.650. The number of piperazine rings is 1. The van der Waals surface area contributed by atoms with Crippen molar-refractivity contribution in [2.45, 2.75) is 32.2 Å². The highest BCUT2D eigenvalue weighted by molar-refractivity contribution is 5.85. The van der Waals surface area contributed by atoms with Gasteiger partial charge in [0.05, 0.1) is 5.54 Å². The van der Waals surface area contributed by atoms with E-state index in [0.717, 1.165) is 45.6 Å². The topological polar surface area (TPSA) is 55.8 Å². The molecule has 110 valence electrons. The van der Waals surface area contributed by atoms with Gasteiger partial charge in [0.25, 0.3) is 0 Å².